The van der Waals surface area contributed by atoms with Gasteiger partial charge in [0, 0.05) is 0 Å². The smallest absolute Gasteiger partial charge is 0.168 e. The van der Waals surface area contributed by atoms with E-state index in [-0.39, 0.29) is 26.2 Å². The van der Waals surface area contributed by atoms with Crippen LogP contribution in [0.3, 0.4) is 0 Å². The third-order valence-corrected chi connectivity index (χ3v) is 8.17. The fourth-order valence-corrected chi connectivity index (χ4v) is 6.44. The van der Waals surface area contributed by atoms with E-state index >= 15 is 0 Å². The van der Waals surface area contributed by atoms with Crippen molar-refractivity contribution in [2.24, 2.45) is 0 Å². The third kappa shape index (κ3) is 7.94. The molecule has 0 aromatic heterocycles. The van der Waals surface area contributed by atoms with Gasteiger partial charge in [-0.25, -0.2) is 0 Å². The second-order valence-electron chi connectivity index (χ2n) is 8.27. The predicted molar refractivity (Wildman–Crippen MR) is 163 cm³/mol. The normalized spacial score (nSPS) is 10.3. The molecule has 6 aromatic rings. The molecular weight excluding hydrogens is 543 g/mol. The molecule has 0 radical (unpaired) electrons. The van der Waals surface area contributed by atoms with Gasteiger partial charge in [0.25, 0.3) is 0 Å². The molecule has 0 fully saturated rings. The Hall–Kier alpha value is -3.11. The molecule has 37 heavy (non-hydrogen) atoms. The van der Waals surface area contributed by atoms with Crippen molar-refractivity contribution in [3.05, 3.63) is 164 Å². The van der Waals surface area contributed by atoms with Gasteiger partial charge in [0.1, 0.15) is 0 Å². The van der Waals surface area contributed by atoms with Gasteiger partial charge in [0.2, 0.25) is 0 Å². The van der Waals surface area contributed by atoms with Gasteiger partial charge < -0.3 is 0 Å². The van der Waals surface area contributed by atoms with Gasteiger partial charge in [-0.1, -0.05) is 97.6 Å². The van der Waals surface area contributed by atoms with Crippen molar-refractivity contribution in [3.63, 3.8) is 0 Å². The Morgan fingerprint density at radius 2 is 1.19 bits per heavy atom. The molecule has 2 heteroatoms. The van der Waals surface area contributed by atoms with Crippen LogP contribution in [0.4, 0.5) is 0 Å². The molecule has 0 unspecified atom stereocenters. The Labute approximate surface area is 241 Å². The summed E-state index contributed by atoms with van der Waals surface area (Å²) in [4.78, 5) is 0. The van der Waals surface area contributed by atoms with Gasteiger partial charge in [-0.15, -0.1) is 70.0 Å². The second kappa shape index (κ2) is 15.2. The summed E-state index contributed by atoms with van der Waals surface area (Å²) in [5.41, 5.74) is 0. The second-order valence-corrected chi connectivity index (χ2v) is 10.5. The molecule has 0 atom stereocenters. The maximum Gasteiger partial charge on any atom is 2.00 e. The molecule has 6 rings (SSSR count). The largest absolute Gasteiger partial charge is 2.00 e. The van der Waals surface area contributed by atoms with Gasteiger partial charge >= 0.3 is 26.2 Å². The van der Waals surface area contributed by atoms with E-state index in [2.05, 4.69) is 146 Å². The van der Waals surface area contributed by atoms with Crippen LogP contribution in [0.25, 0.3) is 21.5 Å². The van der Waals surface area contributed by atoms with Crippen molar-refractivity contribution in [2.45, 2.75) is 6.92 Å². The first kappa shape index (κ1) is 28.5. The Morgan fingerprint density at radius 1 is 0.649 bits per heavy atom. The molecule has 0 heterocycles. The van der Waals surface area contributed by atoms with Crippen molar-refractivity contribution in [3.8, 4) is 0 Å². The summed E-state index contributed by atoms with van der Waals surface area (Å²) in [5.74, 6) is 0. The fourth-order valence-electron chi connectivity index (χ4n) is 4.07. The summed E-state index contributed by atoms with van der Waals surface area (Å²) in [6, 6.07) is 49.7. The van der Waals surface area contributed by atoms with E-state index in [1.165, 1.54) is 37.5 Å². The van der Waals surface area contributed by atoms with E-state index in [9.17, 15) is 0 Å². The van der Waals surface area contributed by atoms with Crippen LogP contribution in [0.1, 0.15) is 6.92 Å². The number of rotatable bonds is 4. The Bertz CT molecular complexity index is 1400. The summed E-state index contributed by atoms with van der Waals surface area (Å²) < 4.78 is 0. The summed E-state index contributed by atoms with van der Waals surface area (Å²) in [6.45, 7) is 5.42. The van der Waals surface area contributed by atoms with E-state index in [0.29, 0.717) is 0 Å². The maximum atomic E-state index is 3.46. The number of fused-ring (bicyclic) bond motifs is 2. The molecule has 0 nitrogen and oxygen atoms in total. The standard InChI is InChI=1S/C21H16P.C9H7.C5H8.Zr/c1-3-11-19(12-4-1)22(20-13-5-2-6-14-20)21-15-17-9-7-8-10-18(17)16-21;1-2-5-9-7-3-6-8(9)4-1;1-3-5-4-2;/h1-16H;1-7H;3-5H,1H2,2H3;/q2*-1;;+2/b;;5-4+;. The minimum Gasteiger partial charge on any atom is -0.168 e. The summed E-state index contributed by atoms with van der Waals surface area (Å²) >= 11 is 0. The number of hydrogen-bond donors (Lipinski definition) is 0. The SMILES string of the molecule is C=C/C=C/C.[Zr+2].c1ccc(P(c2ccccc2)c2cc3ccccc3[cH-]2)cc1.c1ccc2[cH-]ccc2c1. The summed E-state index contributed by atoms with van der Waals surface area (Å²) in [5, 5.41) is 9.55. The molecule has 0 N–H and O–H groups in total. The van der Waals surface area contributed by atoms with Crippen molar-refractivity contribution >= 4 is 45.4 Å². The van der Waals surface area contributed by atoms with Crippen LogP contribution in [-0.2, 0) is 26.2 Å². The zero-order chi connectivity index (χ0) is 25.0. The number of benzene rings is 4. The molecule has 0 saturated heterocycles. The number of allylic oxidation sites excluding steroid dienone is 3. The van der Waals surface area contributed by atoms with Gasteiger partial charge in [0.05, 0.1) is 0 Å². The average Bonchev–Trinajstić information content (AvgIpc) is 3.58. The van der Waals surface area contributed by atoms with Crippen LogP contribution in [-0.4, -0.2) is 0 Å². The van der Waals surface area contributed by atoms with E-state index in [1.54, 1.807) is 6.08 Å². The summed E-state index contributed by atoms with van der Waals surface area (Å²) in [7, 11) is -0.493. The molecule has 0 bridgehead atoms. The number of hydrogen-bond acceptors (Lipinski definition) is 0. The molecule has 0 aliphatic carbocycles. The van der Waals surface area contributed by atoms with Gasteiger partial charge in [0.15, 0.2) is 0 Å². The first-order valence-electron chi connectivity index (χ1n) is 12.2. The minimum atomic E-state index is -0.493. The quantitative estimate of drug-likeness (QED) is 0.113. The molecule has 180 valence electrons. The predicted octanol–water partition coefficient (Wildman–Crippen LogP) is 8.62. The van der Waals surface area contributed by atoms with E-state index < -0.39 is 7.92 Å². The van der Waals surface area contributed by atoms with Gasteiger partial charge in [-0.2, -0.15) is 23.6 Å². The molecule has 0 amide bonds. The van der Waals surface area contributed by atoms with Crippen molar-refractivity contribution < 1.29 is 26.2 Å². The van der Waals surface area contributed by atoms with Crippen LogP contribution in [0.2, 0.25) is 0 Å². The van der Waals surface area contributed by atoms with Crippen LogP contribution in [0, 0.1) is 0 Å². The average molecular weight is 574 g/mol. The molecule has 0 aliphatic rings. The van der Waals surface area contributed by atoms with Crippen molar-refractivity contribution in [1.82, 2.24) is 0 Å². The van der Waals surface area contributed by atoms with E-state index in [0.717, 1.165) is 0 Å². The Morgan fingerprint density at radius 3 is 1.70 bits per heavy atom. The van der Waals surface area contributed by atoms with Crippen molar-refractivity contribution in [2.75, 3.05) is 0 Å². The molecular formula is C35H31PZr. The molecule has 0 saturated carbocycles. The molecule has 0 aliphatic heterocycles. The first-order valence-corrected chi connectivity index (χ1v) is 13.5. The van der Waals surface area contributed by atoms with Gasteiger partial charge in [-0.3, -0.25) is 0 Å². The van der Waals surface area contributed by atoms with Crippen LogP contribution in [0.5, 0.6) is 0 Å². The molecule has 0 spiro atoms. The molecule has 6 aromatic carbocycles. The van der Waals surface area contributed by atoms with Gasteiger partial charge in [-0.05, 0) is 25.5 Å². The zero-order valence-corrected chi connectivity index (χ0v) is 24.5. The maximum absolute atomic E-state index is 3.46. The zero-order valence-electron chi connectivity index (χ0n) is 21.2. The Balaban J connectivity index is 0.000000210. The van der Waals surface area contributed by atoms with E-state index in [4.69, 9.17) is 0 Å². The van der Waals surface area contributed by atoms with Crippen LogP contribution < -0.4 is 15.9 Å². The first-order chi connectivity index (χ1) is 17.8. The fraction of sp³-hybridized carbons (Fsp3) is 0.0286. The van der Waals surface area contributed by atoms with Crippen molar-refractivity contribution in [1.29, 1.82) is 0 Å². The summed E-state index contributed by atoms with van der Waals surface area (Å²) in [6.07, 6.45) is 5.58. The van der Waals surface area contributed by atoms with Crippen LogP contribution in [0.15, 0.2) is 164 Å². The monoisotopic (exact) mass is 572 g/mol. The van der Waals surface area contributed by atoms with E-state index in [1.807, 2.05) is 19.1 Å². The topological polar surface area (TPSA) is 0 Å². The minimum absolute atomic E-state index is 0. The Kier molecular flexibility index (Phi) is 11.7. The van der Waals surface area contributed by atoms with Crippen LogP contribution >= 0.6 is 7.92 Å². The third-order valence-electron chi connectivity index (χ3n) is 5.77.